The van der Waals surface area contributed by atoms with Crippen LogP contribution in [-0.4, -0.2) is 11.7 Å². The van der Waals surface area contributed by atoms with E-state index in [0.29, 0.717) is 32.6 Å². The zero-order valence-electron chi connectivity index (χ0n) is 10.9. The summed E-state index contributed by atoms with van der Waals surface area (Å²) in [5, 5.41) is 8.77. The normalized spacial score (nSPS) is 11.2. The van der Waals surface area contributed by atoms with Gasteiger partial charge in [-0.3, -0.25) is 0 Å². The Morgan fingerprint density at radius 2 is 1.62 bits per heavy atom. The Morgan fingerprint density at radius 3 is 2.29 bits per heavy atom. The van der Waals surface area contributed by atoms with Crippen LogP contribution >= 0.6 is 23.2 Å². The van der Waals surface area contributed by atoms with E-state index >= 15 is 0 Å². The van der Waals surface area contributed by atoms with E-state index in [1.807, 2.05) is 12.1 Å². The highest BCUT2D eigenvalue weighted by Gasteiger charge is 2.14. The summed E-state index contributed by atoms with van der Waals surface area (Å²) in [7, 11) is 0. The second-order valence-corrected chi connectivity index (χ2v) is 5.03. The number of hydrogen-bond donors (Lipinski definition) is 3. The van der Waals surface area contributed by atoms with Crippen molar-refractivity contribution in [3.63, 3.8) is 0 Å². The minimum Gasteiger partial charge on any atom is -0.398 e. The minimum absolute atomic E-state index is 0.167. The average Bonchev–Trinajstić information content (AvgIpc) is 2.44. The second-order valence-electron chi connectivity index (χ2n) is 4.18. The van der Waals surface area contributed by atoms with Crippen LogP contribution in [0.5, 0.6) is 0 Å². The molecule has 0 unspecified atom stereocenters. The Hall–Kier alpha value is -2.24. The summed E-state index contributed by atoms with van der Waals surface area (Å²) in [5.41, 5.74) is 18.8. The van der Waals surface area contributed by atoms with Gasteiger partial charge in [-0.05, 0) is 24.3 Å². The lowest BCUT2D eigenvalue weighted by molar-refractivity contribution is 1.20. The van der Waals surface area contributed by atoms with Crippen LogP contribution in [0.2, 0.25) is 10.0 Å². The molecule has 5 nitrogen and oxygen atoms in total. The first-order valence-electron chi connectivity index (χ1n) is 5.96. The van der Waals surface area contributed by atoms with Gasteiger partial charge < -0.3 is 17.2 Å². The summed E-state index contributed by atoms with van der Waals surface area (Å²) < 4.78 is 0. The zero-order valence-corrected chi connectivity index (χ0v) is 12.4. The first-order valence-corrected chi connectivity index (χ1v) is 6.71. The average molecular weight is 322 g/mol. The molecule has 0 atom stereocenters. The number of benzene rings is 2. The van der Waals surface area contributed by atoms with Gasteiger partial charge in [-0.2, -0.15) is 0 Å². The number of hydrogen-bond acceptors (Lipinski definition) is 3. The minimum atomic E-state index is -0.167. The molecule has 2 rings (SSSR count). The molecule has 0 radical (unpaired) electrons. The summed E-state index contributed by atoms with van der Waals surface area (Å²) in [6.45, 7) is 0. The maximum Gasteiger partial charge on any atom is 0.211 e. The smallest absolute Gasteiger partial charge is 0.211 e. The van der Waals surface area contributed by atoms with Gasteiger partial charge in [-0.25, -0.2) is 0 Å². The van der Waals surface area contributed by atoms with Gasteiger partial charge in [0, 0.05) is 21.8 Å². The van der Waals surface area contributed by atoms with Gasteiger partial charge in [-0.15, -0.1) is 10.2 Å². The molecular formula is C14H13Cl2N5. The summed E-state index contributed by atoms with van der Waals surface area (Å²) in [5.74, 6) is -0.167. The van der Waals surface area contributed by atoms with E-state index in [1.54, 1.807) is 30.3 Å². The zero-order chi connectivity index (χ0) is 15.4. The Labute approximate surface area is 132 Å². The number of anilines is 1. The molecule has 0 fully saturated rings. The van der Waals surface area contributed by atoms with E-state index in [9.17, 15) is 0 Å². The topological polar surface area (TPSA) is 103 Å². The van der Waals surface area contributed by atoms with Crippen LogP contribution < -0.4 is 17.2 Å². The monoisotopic (exact) mass is 321 g/mol. The highest BCUT2D eigenvalue weighted by Crippen LogP contribution is 2.25. The van der Waals surface area contributed by atoms with Crippen molar-refractivity contribution in [2.75, 3.05) is 5.73 Å². The van der Waals surface area contributed by atoms with Gasteiger partial charge >= 0.3 is 0 Å². The summed E-state index contributed by atoms with van der Waals surface area (Å²) in [6.07, 6.45) is 0. The van der Waals surface area contributed by atoms with Crippen LogP contribution in [0.15, 0.2) is 52.7 Å². The second kappa shape index (κ2) is 6.47. The summed E-state index contributed by atoms with van der Waals surface area (Å²) >= 11 is 12.2. The maximum atomic E-state index is 6.21. The standard InChI is InChI=1S/C14H13Cl2N5/c15-8-5-6-12(17)10(7-8)13(20-21-14(18)19)9-3-1-2-4-11(9)16/h1-7H,17H2,(H4,18,19,21)/b20-13+. The largest absolute Gasteiger partial charge is 0.398 e. The number of halogens is 2. The van der Waals surface area contributed by atoms with Gasteiger partial charge in [-0.1, -0.05) is 41.4 Å². The molecule has 0 amide bonds. The van der Waals surface area contributed by atoms with Crippen LogP contribution in [0, 0.1) is 0 Å². The fraction of sp³-hybridized carbons (Fsp3) is 0. The number of nitrogen functional groups attached to an aromatic ring is 1. The predicted molar refractivity (Wildman–Crippen MR) is 88.8 cm³/mol. The number of rotatable bonds is 3. The van der Waals surface area contributed by atoms with Crippen molar-refractivity contribution in [1.82, 2.24) is 0 Å². The molecule has 0 spiro atoms. The summed E-state index contributed by atoms with van der Waals surface area (Å²) in [6, 6.07) is 12.2. The third-order valence-electron chi connectivity index (χ3n) is 2.66. The number of guanidine groups is 1. The van der Waals surface area contributed by atoms with Crippen LogP contribution in [0.3, 0.4) is 0 Å². The molecule has 0 heterocycles. The molecule has 108 valence electrons. The molecule has 0 aliphatic heterocycles. The lowest BCUT2D eigenvalue weighted by Gasteiger charge is -2.10. The Morgan fingerprint density at radius 1 is 0.905 bits per heavy atom. The predicted octanol–water partition coefficient (Wildman–Crippen LogP) is 2.60. The molecule has 0 aromatic heterocycles. The Balaban J connectivity index is 2.68. The van der Waals surface area contributed by atoms with Crippen molar-refractivity contribution in [1.29, 1.82) is 0 Å². The van der Waals surface area contributed by atoms with E-state index in [-0.39, 0.29) is 5.96 Å². The first-order chi connectivity index (χ1) is 9.99. The van der Waals surface area contributed by atoms with Crippen molar-refractivity contribution < 1.29 is 0 Å². The van der Waals surface area contributed by atoms with Gasteiger partial charge in [0.05, 0.1) is 5.02 Å². The van der Waals surface area contributed by atoms with Gasteiger partial charge in [0.2, 0.25) is 5.96 Å². The molecule has 0 saturated carbocycles. The molecular weight excluding hydrogens is 309 g/mol. The fourth-order valence-electron chi connectivity index (χ4n) is 1.75. The van der Waals surface area contributed by atoms with E-state index in [1.165, 1.54) is 0 Å². The van der Waals surface area contributed by atoms with Crippen molar-refractivity contribution in [2.24, 2.45) is 21.7 Å². The van der Waals surface area contributed by atoms with Crippen molar-refractivity contribution in [3.05, 3.63) is 63.6 Å². The molecule has 0 bridgehead atoms. The SMILES string of the molecule is NC(N)=N/N=C(/c1cc(Cl)ccc1N)c1ccccc1Cl. The van der Waals surface area contributed by atoms with Crippen molar-refractivity contribution in [3.8, 4) is 0 Å². The van der Waals surface area contributed by atoms with E-state index in [4.69, 9.17) is 40.4 Å². The molecule has 0 aliphatic rings. The first kappa shape index (κ1) is 15.2. The number of nitrogens with zero attached hydrogens (tertiary/aromatic N) is 2. The highest BCUT2D eigenvalue weighted by atomic mass is 35.5. The Kier molecular flexibility index (Phi) is 4.67. The number of nitrogens with two attached hydrogens (primary N) is 3. The lowest BCUT2D eigenvalue weighted by Crippen LogP contribution is -2.22. The van der Waals surface area contributed by atoms with E-state index < -0.39 is 0 Å². The van der Waals surface area contributed by atoms with Crippen molar-refractivity contribution in [2.45, 2.75) is 0 Å². The summed E-state index contributed by atoms with van der Waals surface area (Å²) in [4.78, 5) is 0. The molecule has 6 N–H and O–H groups in total. The van der Waals surface area contributed by atoms with Crippen LogP contribution in [0.1, 0.15) is 11.1 Å². The third-order valence-corrected chi connectivity index (χ3v) is 3.23. The quantitative estimate of drug-likeness (QED) is 0.350. The lowest BCUT2D eigenvalue weighted by atomic mass is 10.0. The molecule has 7 heteroatoms. The molecule has 2 aromatic rings. The highest BCUT2D eigenvalue weighted by molar-refractivity contribution is 6.36. The maximum absolute atomic E-state index is 6.21. The molecule has 0 aliphatic carbocycles. The van der Waals surface area contributed by atoms with Crippen LogP contribution in [0.25, 0.3) is 0 Å². The Bertz CT molecular complexity index is 721. The molecule has 21 heavy (non-hydrogen) atoms. The van der Waals surface area contributed by atoms with E-state index in [0.717, 1.165) is 0 Å². The third kappa shape index (κ3) is 3.65. The van der Waals surface area contributed by atoms with E-state index in [2.05, 4.69) is 10.2 Å². The van der Waals surface area contributed by atoms with Gasteiger partial charge in [0.15, 0.2) is 0 Å². The van der Waals surface area contributed by atoms with Gasteiger partial charge in [0.1, 0.15) is 5.71 Å². The fourth-order valence-corrected chi connectivity index (χ4v) is 2.14. The van der Waals surface area contributed by atoms with Crippen LogP contribution in [-0.2, 0) is 0 Å². The van der Waals surface area contributed by atoms with Gasteiger partial charge in [0.25, 0.3) is 0 Å². The van der Waals surface area contributed by atoms with Crippen LogP contribution in [0.4, 0.5) is 5.69 Å². The molecule has 0 saturated heterocycles. The van der Waals surface area contributed by atoms with Crippen molar-refractivity contribution >= 4 is 40.6 Å². The molecule has 2 aromatic carbocycles.